The second kappa shape index (κ2) is 23.8. The summed E-state index contributed by atoms with van der Waals surface area (Å²) in [5.41, 5.74) is -0.0680. The number of nitrogens with zero attached hydrogens (tertiary/aromatic N) is 3. The highest BCUT2D eigenvalue weighted by molar-refractivity contribution is 6.12. The lowest BCUT2D eigenvalue weighted by atomic mass is 9.76. The number of aryl methyl sites for hydroxylation is 1. The molecule has 1 aliphatic carbocycles. The van der Waals surface area contributed by atoms with Gasteiger partial charge in [0.15, 0.2) is 11.4 Å². The number of nitrogens with one attached hydrogen (secondary N) is 5. The number of aliphatic hydroxyl groups is 1. The number of alkyl halides is 3. The summed E-state index contributed by atoms with van der Waals surface area (Å²) >= 11 is 0. The van der Waals surface area contributed by atoms with Gasteiger partial charge in [-0.25, -0.2) is 14.2 Å². The lowest BCUT2D eigenvalue weighted by Crippen LogP contribution is -2.52. The SMILES string of the molecule is CC[C@@]1(O)C(=O)OCc2c1cc1n(c2=O)Cc2c-1nc1cc(F)c(C)c3c1c2[C@@H](CC(=O)[C@@H](OCNC(=O)CNC(=O)[C@H](Cc1ccccc1)NC(=O)CNC(=O)CNC(=O)CCCCCN1C(=O)C=CC1=O)C(F)(F)F)CC3. The van der Waals surface area contributed by atoms with Crippen LogP contribution in [0.25, 0.3) is 22.3 Å². The van der Waals surface area contributed by atoms with Gasteiger partial charge in [-0.15, -0.1) is 0 Å². The van der Waals surface area contributed by atoms with Crippen LogP contribution in [-0.2, 0) is 84.2 Å². The van der Waals surface area contributed by atoms with Gasteiger partial charge in [-0.1, -0.05) is 43.7 Å². The molecule has 6 N–H and O–H groups in total. The Labute approximate surface area is 447 Å². The van der Waals surface area contributed by atoms with E-state index < -0.39 is 134 Å². The van der Waals surface area contributed by atoms with Gasteiger partial charge >= 0.3 is 12.1 Å². The number of amides is 7. The number of hydrogen-bond donors (Lipinski definition) is 6. The van der Waals surface area contributed by atoms with Gasteiger partial charge in [0.05, 0.1) is 48.6 Å². The Morgan fingerprint density at radius 3 is 2.27 bits per heavy atom. The first-order valence-corrected chi connectivity index (χ1v) is 25.6. The molecule has 0 spiro atoms. The number of benzene rings is 2. The van der Waals surface area contributed by atoms with Gasteiger partial charge in [0, 0.05) is 60.5 Å². The first kappa shape index (κ1) is 57.0. The number of pyridine rings is 2. The fourth-order valence-corrected chi connectivity index (χ4v) is 10.3. The molecule has 0 bridgehead atoms. The monoisotopic (exact) mass is 1100 g/mol. The summed E-state index contributed by atoms with van der Waals surface area (Å²) in [6.07, 6.45) is -5.14. The van der Waals surface area contributed by atoms with E-state index in [1.54, 1.807) is 37.3 Å². The zero-order valence-electron chi connectivity index (χ0n) is 42.9. The number of carbonyl (C=O) groups excluding carboxylic acids is 9. The van der Waals surface area contributed by atoms with Crippen molar-refractivity contribution < 1.29 is 75.3 Å². The number of imide groups is 1. The average Bonchev–Trinajstić information content (AvgIpc) is 4.22. The number of cyclic esters (lactones) is 1. The first-order chi connectivity index (χ1) is 37.6. The van der Waals surface area contributed by atoms with Crippen molar-refractivity contribution in [1.29, 1.82) is 0 Å². The smallest absolute Gasteiger partial charge is 0.421 e. The van der Waals surface area contributed by atoms with Gasteiger partial charge < -0.3 is 45.7 Å². The fourth-order valence-electron chi connectivity index (χ4n) is 10.3. The molecular weight excluding hydrogens is 1040 g/mol. The van der Waals surface area contributed by atoms with Crippen LogP contribution in [0.2, 0.25) is 0 Å². The van der Waals surface area contributed by atoms with Crippen LogP contribution in [0.15, 0.2) is 59.4 Å². The van der Waals surface area contributed by atoms with Crippen molar-refractivity contribution in [2.75, 3.05) is 32.9 Å². The Morgan fingerprint density at radius 2 is 1.56 bits per heavy atom. The van der Waals surface area contributed by atoms with Crippen LogP contribution in [0.4, 0.5) is 17.6 Å². The van der Waals surface area contributed by atoms with Crippen LogP contribution in [0.3, 0.4) is 0 Å². The quantitative estimate of drug-likeness (QED) is 0.0180. The molecule has 4 atom stereocenters. The normalized spacial score (nSPS) is 17.8. The molecule has 7 amide bonds. The summed E-state index contributed by atoms with van der Waals surface area (Å²) in [5, 5.41) is 23.4. The number of Topliss-reactive ketones (excluding diaryl/α,β-unsaturated/α-hetero) is 1. The largest absolute Gasteiger partial charge is 0.458 e. The zero-order valence-corrected chi connectivity index (χ0v) is 42.9. The zero-order chi connectivity index (χ0) is 56.9. The first-order valence-electron chi connectivity index (χ1n) is 25.6. The second-order valence-corrected chi connectivity index (χ2v) is 19.6. The van der Waals surface area contributed by atoms with Crippen LogP contribution in [0, 0.1) is 12.7 Å². The molecule has 4 aliphatic rings. The average molecular weight is 1100 g/mol. The minimum Gasteiger partial charge on any atom is -0.458 e. The van der Waals surface area contributed by atoms with E-state index in [2.05, 4.69) is 26.6 Å². The van der Waals surface area contributed by atoms with Crippen LogP contribution >= 0.6 is 0 Å². The van der Waals surface area contributed by atoms with E-state index in [9.17, 15) is 66.2 Å². The van der Waals surface area contributed by atoms with Crippen LogP contribution in [-0.4, -0.2) is 124 Å². The Bertz CT molecular complexity index is 3240. The molecule has 0 radical (unpaired) electrons. The summed E-state index contributed by atoms with van der Waals surface area (Å²) in [4.78, 5) is 134. The number of aromatic nitrogens is 2. The number of ether oxygens (including phenoxy) is 2. The van der Waals surface area contributed by atoms with E-state index in [0.29, 0.717) is 46.9 Å². The van der Waals surface area contributed by atoms with Crippen molar-refractivity contribution in [1.82, 2.24) is 41.0 Å². The van der Waals surface area contributed by atoms with Crippen LogP contribution in [0.1, 0.15) is 96.7 Å². The second-order valence-electron chi connectivity index (χ2n) is 19.6. The number of ketones is 1. The van der Waals surface area contributed by atoms with Crippen molar-refractivity contribution in [2.24, 2.45) is 0 Å². The molecule has 0 saturated heterocycles. The third kappa shape index (κ3) is 12.4. The van der Waals surface area contributed by atoms with Crippen LogP contribution < -0.4 is 32.1 Å². The number of fused-ring (bicyclic) bond motifs is 5. The molecule has 0 fully saturated rings. The maximum Gasteiger partial charge on any atom is 0.421 e. The van der Waals surface area contributed by atoms with E-state index in [4.69, 9.17) is 14.5 Å². The lowest BCUT2D eigenvalue weighted by molar-refractivity contribution is -0.219. The summed E-state index contributed by atoms with van der Waals surface area (Å²) in [6, 6.07) is 9.68. The standard InChI is InChI=1S/C54H56F4N8O13/c1-3-53(77)34-20-38-48-32(25-66(38)51(75)33(34)26-78-52(53)76)46-30(13-14-31-28(2)35(55)21-36(64-48)47(31)46)19-39(67)49(54(56,57)58)79-27-62-42(70)23-61-50(74)37(18-29-10-6-4-7-11-29)63-43(71)24-60-41(69)22-59-40(68)12-8-5-9-17-65-44(72)15-16-45(65)73/h4,6-7,10-11,15-16,20-21,30,37,49,77H,3,5,8-9,12-14,17-19,22-27H2,1-2H3,(H,59,68)(H,60,69)(H,61,74)(H,62,70)(H,63,71)/t30-,37+,49-,53+/m1/s1. The van der Waals surface area contributed by atoms with E-state index in [1.165, 1.54) is 35.8 Å². The third-order valence-corrected chi connectivity index (χ3v) is 14.5. The van der Waals surface area contributed by atoms with Gasteiger partial charge in [0.25, 0.3) is 17.4 Å². The minimum absolute atomic E-state index is 0.0146. The third-order valence-electron chi connectivity index (χ3n) is 14.5. The van der Waals surface area contributed by atoms with Crippen molar-refractivity contribution >= 4 is 64.0 Å². The fraction of sp³-hybridized carbons (Fsp3) is 0.426. The van der Waals surface area contributed by atoms with Gasteiger partial charge in [-0.2, -0.15) is 13.2 Å². The van der Waals surface area contributed by atoms with Crippen LogP contribution in [0.5, 0.6) is 0 Å². The lowest BCUT2D eigenvalue weighted by Gasteiger charge is -2.31. The van der Waals surface area contributed by atoms with Crippen molar-refractivity contribution in [3.8, 4) is 11.4 Å². The maximum absolute atomic E-state index is 15.4. The highest BCUT2D eigenvalue weighted by Gasteiger charge is 2.48. The molecular formula is C54H56F4N8O13. The molecule has 2 aromatic carbocycles. The topological polar surface area (TPSA) is 291 Å². The highest BCUT2D eigenvalue weighted by atomic mass is 19.4. The van der Waals surface area contributed by atoms with E-state index >= 15 is 4.39 Å². The summed E-state index contributed by atoms with van der Waals surface area (Å²) in [7, 11) is 0. The number of halogens is 4. The molecule has 418 valence electrons. The number of esters is 1. The van der Waals surface area contributed by atoms with Gasteiger partial charge in [-0.05, 0) is 73.3 Å². The van der Waals surface area contributed by atoms with E-state index in [1.807, 2.05) is 0 Å². The molecule has 79 heavy (non-hydrogen) atoms. The number of unbranched alkanes of at least 4 members (excludes halogenated alkanes) is 2. The predicted octanol–water partition coefficient (Wildman–Crippen LogP) is 2.10. The number of hydrogen-bond acceptors (Lipinski definition) is 14. The van der Waals surface area contributed by atoms with Crippen molar-refractivity contribution in [2.45, 2.75) is 115 Å². The van der Waals surface area contributed by atoms with Gasteiger partial charge in [0.1, 0.15) is 25.2 Å². The van der Waals surface area contributed by atoms with Crippen molar-refractivity contribution in [3.05, 3.63) is 110 Å². The van der Waals surface area contributed by atoms with E-state index in [-0.39, 0.29) is 78.8 Å². The summed E-state index contributed by atoms with van der Waals surface area (Å²) < 4.78 is 71.0. The van der Waals surface area contributed by atoms with Gasteiger partial charge in [0.2, 0.25) is 35.6 Å². The summed E-state index contributed by atoms with van der Waals surface area (Å²) in [6.45, 7) is -0.276. The molecule has 21 nitrogen and oxygen atoms in total. The molecule has 4 aromatic rings. The molecule has 8 rings (SSSR count). The molecule has 0 saturated carbocycles. The predicted molar refractivity (Wildman–Crippen MR) is 269 cm³/mol. The molecule has 3 aliphatic heterocycles. The highest BCUT2D eigenvalue weighted by Crippen LogP contribution is 2.48. The molecule has 25 heteroatoms. The molecule has 0 unspecified atom stereocenters. The Balaban J connectivity index is 0.856. The number of rotatable bonds is 23. The molecule has 2 aromatic heterocycles. The minimum atomic E-state index is -5.27. The van der Waals surface area contributed by atoms with Gasteiger partial charge in [-0.3, -0.25) is 48.1 Å². The van der Waals surface area contributed by atoms with Crippen molar-refractivity contribution in [3.63, 3.8) is 0 Å². The Hall–Kier alpha value is -8.19. The maximum atomic E-state index is 15.4. The Kier molecular flexibility index (Phi) is 17.2. The molecule has 5 heterocycles. The van der Waals surface area contributed by atoms with E-state index in [0.717, 1.165) is 4.90 Å². The number of carbonyl (C=O) groups is 9. The Morgan fingerprint density at radius 1 is 0.873 bits per heavy atom. The summed E-state index contributed by atoms with van der Waals surface area (Å²) in [5.74, 6) is -8.57.